The number of aliphatic imine (C=N–C) groups is 1. The van der Waals surface area contributed by atoms with E-state index in [1.54, 1.807) is 4.90 Å². The Balaban J connectivity index is 1.56. The largest absolute Gasteiger partial charge is 0.494 e. The van der Waals surface area contributed by atoms with Crippen LogP contribution < -0.4 is 10.1 Å². The molecule has 1 aromatic rings. The summed E-state index contributed by atoms with van der Waals surface area (Å²) < 4.78 is 11.4. The van der Waals surface area contributed by atoms with Crippen LogP contribution in [0.3, 0.4) is 0 Å². The predicted octanol–water partition coefficient (Wildman–Crippen LogP) is 4.56. The number of amides is 2. The number of ether oxygens (including phenoxy) is 2. The van der Waals surface area contributed by atoms with Crippen molar-refractivity contribution in [3.05, 3.63) is 23.8 Å². The summed E-state index contributed by atoms with van der Waals surface area (Å²) in [7, 11) is 1.92. The summed E-state index contributed by atoms with van der Waals surface area (Å²) in [6, 6.07) is 5.95. The molecule has 1 heterocycles. The van der Waals surface area contributed by atoms with E-state index in [1.807, 2.05) is 44.0 Å². The molecule has 1 saturated carbocycles. The molecule has 1 fully saturated rings. The van der Waals surface area contributed by atoms with E-state index in [2.05, 4.69) is 17.2 Å². The van der Waals surface area contributed by atoms with Crippen LogP contribution >= 0.6 is 0 Å². The number of hydrogen-bond acceptors (Lipinski definition) is 7. The highest BCUT2D eigenvalue weighted by molar-refractivity contribution is 5.99. The van der Waals surface area contributed by atoms with E-state index in [0.717, 1.165) is 24.8 Å². The molecule has 1 aliphatic carbocycles. The predicted molar refractivity (Wildman–Crippen MR) is 147 cm³/mol. The number of rotatable bonds is 11. The van der Waals surface area contributed by atoms with Crippen molar-refractivity contribution in [3.8, 4) is 5.75 Å². The molecule has 210 valence electrons. The Morgan fingerprint density at radius 2 is 1.92 bits per heavy atom. The van der Waals surface area contributed by atoms with E-state index in [-0.39, 0.29) is 29.7 Å². The van der Waals surface area contributed by atoms with E-state index in [9.17, 15) is 14.4 Å². The van der Waals surface area contributed by atoms with Gasteiger partial charge < -0.3 is 19.3 Å². The van der Waals surface area contributed by atoms with Gasteiger partial charge in [0.15, 0.2) is 0 Å². The summed E-state index contributed by atoms with van der Waals surface area (Å²) in [6.07, 6.45) is 7.88. The van der Waals surface area contributed by atoms with Crippen LogP contribution in [0.25, 0.3) is 0 Å². The minimum absolute atomic E-state index is 0.0277. The van der Waals surface area contributed by atoms with Crippen molar-refractivity contribution in [3.63, 3.8) is 0 Å². The maximum atomic E-state index is 12.6. The maximum Gasteiger partial charge on any atom is 0.325 e. The number of fused-ring (bicyclic) bond motifs is 1. The lowest BCUT2D eigenvalue weighted by Gasteiger charge is -2.31. The van der Waals surface area contributed by atoms with Crippen LogP contribution in [0.5, 0.6) is 5.75 Å². The third kappa shape index (κ3) is 8.74. The lowest BCUT2D eigenvalue weighted by atomic mass is 9.92. The number of carbonyl (C=O) groups excluding carboxylic acids is 3. The van der Waals surface area contributed by atoms with E-state index in [4.69, 9.17) is 9.47 Å². The smallest absolute Gasteiger partial charge is 0.325 e. The Morgan fingerprint density at radius 1 is 1.18 bits per heavy atom. The van der Waals surface area contributed by atoms with Crippen LogP contribution in [0.4, 0.5) is 5.69 Å². The van der Waals surface area contributed by atoms with Gasteiger partial charge in [0.05, 0.1) is 18.9 Å². The van der Waals surface area contributed by atoms with Crippen molar-refractivity contribution < 1.29 is 23.9 Å². The fourth-order valence-corrected chi connectivity index (χ4v) is 4.59. The van der Waals surface area contributed by atoms with Crippen LogP contribution in [0.2, 0.25) is 0 Å². The molecule has 0 saturated heterocycles. The number of carbonyl (C=O) groups is 3. The Morgan fingerprint density at radius 3 is 2.61 bits per heavy atom. The molecule has 3 rings (SSSR count). The molecule has 0 unspecified atom stereocenters. The standard InChI is InChI=1S/C29H44N4O5/c1-6-29(3,4)20-38-27(36)19-33-18-22-17-24(14-15-25(22)31-28(33)30-21(2)34)37-16-10-13-26(35)32(5)23-11-8-7-9-12-23/h14-15,17,23H,6-13,16,18-20H2,1-5H3,(H,30,31,34). The second kappa shape index (κ2) is 13.6. The summed E-state index contributed by atoms with van der Waals surface area (Å²) in [5.74, 6) is 0.549. The highest BCUT2D eigenvalue weighted by Crippen LogP contribution is 2.30. The molecule has 9 nitrogen and oxygen atoms in total. The lowest BCUT2D eigenvalue weighted by molar-refractivity contribution is -0.147. The molecule has 0 atom stereocenters. The molecule has 0 bridgehead atoms. The molecule has 9 heteroatoms. The van der Waals surface area contributed by atoms with Gasteiger partial charge in [0, 0.05) is 38.5 Å². The molecule has 1 N–H and O–H groups in total. The molecular formula is C29H44N4O5. The summed E-state index contributed by atoms with van der Waals surface area (Å²) in [6.45, 7) is 8.69. The van der Waals surface area contributed by atoms with Crippen LogP contribution in [0, 0.1) is 5.41 Å². The first-order valence-corrected chi connectivity index (χ1v) is 13.9. The fourth-order valence-electron chi connectivity index (χ4n) is 4.59. The molecule has 0 aromatic heterocycles. The molecule has 38 heavy (non-hydrogen) atoms. The molecule has 2 amide bonds. The van der Waals surface area contributed by atoms with Gasteiger partial charge in [0.1, 0.15) is 12.3 Å². The second-order valence-corrected chi connectivity index (χ2v) is 11.2. The van der Waals surface area contributed by atoms with Gasteiger partial charge in [0.25, 0.3) is 0 Å². The minimum Gasteiger partial charge on any atom is -0.494 e. The average molecular weight is 529 g/mol. The summed E-state index contributed by atoms with van der Waals surface area (Å²) >= 11 is 0. The summed E-state index contributed by atoms with van der Waals surface area (Å²) in [4.78, 5) is 45.1. The van der Waals surface area contributed by atoms with Gasteiger partial charge >= 0.3 is 5.97 Å². The summed E-state index contributed by atoms with van der Waals surface area (Å²) in [5.41, 5.74) is 1.49. The van der Waals surface area contributed by atoms with Crippen LogP contribution in [0.15, 0.2) is 23.2 Å². The molecule has 2 aliphatic rings. The zero-order valence-corrected chi connectivity index (χ0v) is 23.7. The van der Waals surface area contributed by atoms with Gasteiger partial charge in [-0.2, -0.15) is 0 Å². The van der Waals surface area contributed by atoms with Crippen molar-refractivity contribution in [1.29, 1.82) is 0 Å². The highest BCUT2D eigenvalue weighted by Gasteiger charge is 2.26. The Kier molecular flexibility index (Phi) is 10.6. The molecular weight excluding hydrogens is 484 g/mol. The Hall–Kier alpha value is -3.10. The van der Waals surface area contributed by atoms with Gasteiger partial charge in [-0.05, 0) is 49.3 Å². The SMILES string of the molecule is CCC(C)(C)COC(=O)CN1Cc2cc(OCCCC(=O)N(C)C3CCCCC3)ccc2N=C1NC(C)=O. The van der Waals surface area contributed by atoms with Gasteiger partial charge in [-0.3, -0.25) is 19.7 Å². The van der Waals surface area contributed by atoms with Crippen molar-refractivity contribution >= 4 is 29.4 Å². The number of benzene rings is 1. The Labute approximate surface area is 226 Å². The van der Waals surface area contributed by atoms with Crippen molar-refractivity contribution in [2.75, 3.05) is 26.8 Å². The number of hydrogen-bond donors (Lipinski definition) is 1. The number of guanidine groups is 1. The number of esters is 1. The van der Waals surface area contributed by atoms with Crippen molar-refractivity contribution in [1.82, 2.24) is 15.1 Å². The zero-order chi connectivity index (χ0) is 27.7. The topological polar surface area (TPSA) is 101 Å². The number of nitrogens with zero attached hydrogens (tertiary/aromatic N) is 3. The third-order valence-electron chi connectivity index (χ3n) is 7.45. The maximum absolute atomic E-state index is 12.6. The van der Waals surface area contributed by atoms with Crippen molar-refractivity contribution in [2.24, 2.45) is 10.4 Å². The van der Waals surface area contributed by atoms with Crippen molar-refractivity contribution in [2.45, 2.75) is 91.6 Å². The quantitative estimate of drug-likeness (QED) is 0.334. The number of nitrogens with one attached hydrogen (secondary N) is 1. The fraction of sp³-hybridized carbons (Fsp3) is 0.655. The first-order valence-electron chi connectivity index (χ1n) is 13.9. The minimum atomic E-state index is -0.372. The molecule has 0 spiro atoms. The molecule has 0 radical (unpaired) electrons. The first kappa shape index (κ1) is 29.5. The van der Waals surface area contributed by atoms with Gasteiger partial charge in [-0.15, -0.1) is 0 Å². The van der Waals surface area contributed by atoms with E-state index in [0.29, 0.717) is 56.0 Å². The average Bonchev–Trinajstić information content (AvgIpc) is 2.90. The second-order valence-electron chi connectivity index (χ2n) is 11.2. The van der Waals surface area contributed by atoms with Gasteiger partial charge in [0.2, 0.25) is 17.8 Å². The third-order valence-corrected chi connectivity index (χ3v) is 7.45. The first-order chi connectivity index (χ1) is 18.1. The lowest BCUT2D eigenvalue weighted by Crippen LogP contribution is -2.47. The van der Waals surface area contributed by atoms with Crippen LogP contribution in [-0.4, -0.2) is 66.4 Å². The summed E-state index contributed by atoms with van der Waals surface area (Å²) in [5, 5.41) is 2.72. The zero-order valence-electron chi connectivity index (χ0n) is 23.7. The normalized spacial score (nSPS) is 15.8. The van der Waals surface area contributed by atoms with Crippen LogP contribution in [-0.2, 0) is 25.7 Å². The van der Waals surface area contributed by atoms with E-state index >= 15 is 0 Å². The van der Waals surface area contributed by atoms with E-state index in [1.165, 1.54) is 26.2 Å². The van der Waals surface area contributed by atoms with Gasteiger partial charge in [-0.25, -0.2) is 4.99 Å². The van der Waals surface area contributed by atoms with Crippen LogP contribution in [0.1, 0.15) is 84.6 Å². The highest BCUT2D eigenvalue weighted by atomic mass is 16.5. The Bertz CT molecular complexity index is 1020. The molecule has 1 aromatic carbocycles. The molecule has 1 aliphatic heterocycles. The van der Waals surface area contributed by atoms with Gasteiger partial charge in [-0.1, -0.05) is 40.0 Å². The van der Waals surface area contributed by atoms with E-state index < -0.39 is 0 Å². The monoisotopic (exact) mass is 528 g/mol.